The summed E-state index contributed by atoms with van der Waals surface area (Å²) in [5.41, 5.74) is 1.49. The van der Waals surface area contributed by atoms with Crippen LogP contribution in [0.1, 0.15) is 15.9 Å². The SMILES string of the molecule is COc1ccc(C(=O)/C=C/c2ccc(O)cc2)c2ccccc12. The summed E-state index contributed by atoms with van der Waals surface area (Å²) in [4.78, 5) is 12.5. The lowest BCUT2D eigenvalue weighted by atomic mass is 10.00. The van der Waals surface area contributed by atoms with Gasteiger partial charge in [-0.15, -0.1) is 0 Å². The number of methoxy groups -OCH3 is 1. The number of allylic oxidation sites excluding steroid dienone is 1. The molecule has 0 amide bonds. The quantitative estimate of drug-likeness (QED) is 0.572. The summed E-state index contributed by atoms with van der Waals surface area (Å²) in [6, 6.07) is 18.0. The molecule has 3 nitrogen and oxygen atoms in total. The molecule has 23 heavy (non-hydrogen) atoms. The summed E-state index contributed by atoms with van der Waals surface area (Å²) >= 11 is 0. The van der Waals surface area contributed by atoms with E-state index < -0.39 is 0 Å². The van der Waals surface area contributed by atoms with Gasteiger partial charge in [-0.05, 0) is 41.3 Å². The highest BCUT2D eigenvalue weighted by atomic mass is 16.5. The van der Waals surface area contributed by atoms with Gasteiger partial charge in [0, 0.05) is 10.9 Å². The van der Waals surface area contributed by atoms with E-state index in [0.29, 0.717) is 5.56 Å². The van der Waals surface area contributed by atoms with Crippen molar-refractivity contribution in [3.63, 3.8) is 0 Å². The molecule has 0 aliphatic carbocycles. The third kappa shape index (κ3) is 3.09. The summed E-state index contributed by atoms with van der Waals surface area (Å²) in [5.74, 6) is 0.881. The molecule has 0 atom stereocenters. The van der Waals surface area contributed by atoms with Gasteiger partial charge in [-0.3, -0.25) is 4.79 Å². The average Bonchev–Trinajstić information content (AvgIpc) is 2.60. The van der Waals surface area contributed by atoms with E-state index in [1.165, 1.54) is 0 Å². The minimum atomic E-state index is -0.0723. The Morgan fingerprint density at radius 1 is 0.957 bits per heavy atom. The fourth-order valence-electron chi connectivity index (χ4n) is 2.51. The zero-order valence-corrected chi connectivity index (χ0v) is 12.7. The molecular formula is C20H16O3. The number of phenols is 1. The standard InChI is InChI=1S/C20H16O3/c1-23-20-13-11-17(16-4-2-3-5-18(16)20)19(22)12-8-14-6-9-15(21)10-7-14/h2-13,21H,1H3/b12-8+. The number of carbonyl (C=O) groups is 1. The van der Waals surface area contributed by atoms with Crippen molar-refractivity contribution in [1.29, 1.82) is 0 Å². The molecule has 3 aromatic carbocycles. The molecule has 0 saturated carbocycles. The molecule has 114 valence electrons. The minimum absolute atomic E-state index is 0.0723. The van der Waals surface area contributed by atoms with Crippen LogP contribution in [0.5, 0.6) is 11.5 Å². The lowest BCUT2D eigenvalue weighted by Gasteiger charge is -2.08. The zero-order chi connectivity index (χ0) is 16.2. The molecule has 3 aromatic rings. The molecule has 0 aliphatic rings. The number of aromatic hydroxyl groups is 1. The normalized spacial score (nSPS) is 11.0. The molecule has 0 heterocycles. The number of rotatable bonds is 4. The Bertz CT molecular complexity index is 877. The predicted molar refractivity (Wildman–Crippen MR) is 92.0 cm³/mol. The molecule has 0 aliphatic heterocycles. The number of carbonyl (C=O) groups excluding carboxylic acids is 1. The molecule has 1 N–H and O–H groups in total. The molecule has 0 radical (unpaired) electrons. The Labute approximate surface area is 134 Å². The first-order valence-electron chi connectivity index (χ1n) is 7.26. The number of ether oxygens (including phenoxy) is 1. The van der Waals surface area contributed by atoms with Gasteiger partial charge in [0.05, 0.1) is 7.11 Å². The van der Waals surface area contributed by atoms with Crippen LogP contribution < -0.4 is 4.74 Å². The maximum absolute atomic E-state index is 12.5. The number of phenolic OH excluding ortho intramolecular Hbond substituents is 1. The van der Waals surface area contributed by atoms with Gasteiger partial charge in [-0.1, -0.05) is 42.5 Å². The number of fused-ring (bicyclic) bond motifs is 1. The Balaban J connectivity index is 1.96. The smallest absolute Gasteiger partial charge is 0.186 e. The minimum Gasteiger partial charge on any atom is -0.508 e. The van der Waals surface area contributed by atoms with E-state index in [1.54, 1.807) is 49.6 Å². The van der Waals surface area contributed by atoms with Crippen LogP contribution in [-0.4, -0.2) is 18.0 Å². The van der Waals surface area contributed by atoms with Crippen molar-refractivity contribution in [1.82, 2.24) is 0 Å². The predicted octanol–water partition coefficient (Wildman–Crippen LogP) is 4.45. The highest BCUT2D eigenvalue weighted by Gasteiger charge is 2.10. The van der Waals surface area contributed by atoms with E-state index in [2.05, 4.69) is 0 Å². The van der Waals surface area contributed by atoms with E-state index >= 15 is 0 Å². The zero-order valence-electron chi connectivity index (χ0n) is 12.7. The summed E-state index contributed by atoms with van der Waals surface area (Å²) in [5, 5.41) is 11.1. The molecule has 3 heteroatoms. The third-order valence-electron chi connectivity index (χ3n) is 3.69. The summed E-state index contributed by atoms with van der Waals surface area (Å²) in [6.07, 6.45) is 3.28. The Morgan fingerprint density at radius 3 is 2.35 bits per heavy atom. The first kappa shape index (κ1) is 14.9. The lowest BCUT2D eigenvalue weighted by Crippen LogP contribution is -1.97. The van der Waals surface area contributed by atoms with Crippen LogP contribution in [0.15, 0.2) is 66.7 Å². The Kier molecular flexibility index (Phi) is 4.11. The van der Waals surface area contributed by atoms with Crippen LogP contribution in [0.25, 0.3) is 16.8 Å². The second kappa shape index (κ2) is 6.36. The highest BCUT2D eigenvalue weighted by molar-refractivity contribution is 6.15. The first-order valence-corrected chi connectivity index (χ1v) is 7.26. The van der Waals surface area contributed by atoms with Crippen LogP contribution >= 0.6 is 0 Å². The van der Waals surface area contributed by atoms with Crippen LogP contribution in [0.4, 0.5) is 0 Å². The summed E-state index contributed by atoms with van der Waals surface area (Å²) in [6.45, 7) is 0. The lowest BCUT2D eigenvalue weighted by molar-refractivity contribution is 0.104. The van der Waals surface area contributed by atoms with E-state index in [0.717, 1.165) is 22.1 Å². The van der Waals surface area contributed by atoms with Gasteiger partial charge in [0.1, 0.15) is 11.5 Å². The Hall–Kier alpha value is -3.07. The summed E-state index contributed by atoms with van der Waals surface area (Å²) in [7, 11) is 1.62. The van der Waals surface area contributed by atoms with Gasteiger partial charge in [0.25, 0.3) is 0 Å². The molecule has 0 fully saturated rings. The van der Waals surface area contributed by atoms with Gasteiger partial charge in [0.2, 0.25) is 0 Å². The van der Waals surface area contributed by atoms with Gasteiger partial charge >= 0.3 is 0 Å². The highest BCUT2D eigenvalue weighted by Crippen LogP contribution is 2.28. The molecule has 0 spiro atoms. The summed E-state index contributed by atoms with van der Waals surface area (Å²) < 4.78 is 5.35. The molecule has 3 rings (SSSR count). The first-order chi connectivity index (χ1) is 11.2. The molecule has 0 bridgehead atoms. The molecule has 0 aromatic heterocycles. The average molecular weight is 304 g/mol. The van der Waals surface area contributed by atoms with Crippen molar-refractivity contribution < 1.29 is 14.6 Å². The fraction of sp³-hybridized carbons (Fsp3) is 0.0500. The largest absolute Gasteiger partial charge is 0.508 e. The van der Waals surface area contributed by atoms with Crippen molar-refractivity contribution in [2.75, 3.05) is 7.11 Å². The number of benzene rings is 3. The van der Waals surface area contributed by atoms with Crippen molar-refractivity contribution in [2.24, 2.45) is 0 Å². The van der Waals surface area contributed by atoms with Crippen LogP contribution in [0.3, 0.4) is 0 Å². The van der Waals surface area contributed by atoms with E-state index in [4.69, 9.17) is 4.74 Å². The second-order valence-corrected chi connectivity index (χ2v) is 5.15. The molecular weight excluding hydrogens is 288 g/mol. The van der Waals surface area contributed by atoms with E-state index in [9.17, 15) is 9.90 Å². The van der Waals surface area contributed by atoms with Crippen molar-refractivity contribution in [3.8, 4) is 11.5 Å². The number of ketones is 1. The maximum Gasteiger partial charge on any atom is 0.186 e. The van der Waals surface area contributed by atoms with Crippen molar-refractivity contribution in [3.05, 3.63) is 77.9 Å². The van der Waals surface area contributed by atoms with E-state index in [-0.39, 0.29) is 11.5 Å². The fourth-order valence-corrected chi connectivity index (χ4v) is 2.51. The van der Waals surface area contributed by atoms with Crippen LogP contribution in [0.2, 0.25) is 0 Å². The maximum atomic E-state index is 12.5. The number of hydrogen-bond donors (Lipinski definition) is 1. The Morgan fingerprint density at radius 2 is 1.65 bits per heavy atom. The van der Waals surface area contributed by atoms with Crippen LogP contribution in [-0.2, 0) is 0 Å². The number of hydrogen-bond acceptors (Lipinski definition) is 3. The van der Waals surface area contributed by atoms with E-state index in [1.807, 2.05) is 30.3 Å². The van der Waals surface area contributed by atoms with Crippen LogP contribution in [0, 0.1) is 0 Å². The van der Waals surface area contributed by atoms with Crippen molar-refractivity contribution in [2.45, 2.75) is 0 Å². The topological polar surface area (TPSA) is 46.5 Å². The monoisotopic (exact) mass is 304 g/mol. The van der Waals surface area contributed by atoms with Gasteiger partial charge in [0.15, 0.2) is 5.78 Å². The third-order valence-corrected chi connectivity index (χ3v) is 3.69. The molecule has 0 saturated heterocycles. The van der Waals surface area contributed by atoms with Crippen molar-refractivity contribution >= 4 is 22.6 Å². The second-order valence-electron chi connectivity index (χ2n) is 5.15. The molecule has 0 unspecified atom stereocenters. The van der Waals surface area contributed by atoms with Gasteiger partial charge in [-0.2, -0.15) is 0 Å². The van der Waals surface area contributed by atoms with Gasteiger partial charge < -0.3 is 9.84 Å². The van der Waals surface area contributed by atoms with Gasteiger partial charge in [-0.25, -0.2) is 0 Å².